The van der Waals surface area contributed by atoms with Gasteiger partial charge in [-0.15, -0.1) is 11.8 Å². The van der Waals surface area contributed by atoms with Crippen LogP contribution in [0.1, 0.15) is 16.8 Å². The molecule has 0 spiro atoms. The molecule has 1 amide bonds. The zero-order valence-electron chi connectivity index (χ0n) is 14.1. The molecule has 0 saturated heterocycles. The summed E-state index contributed by atoms with van der Waals surface area (Å²) in [5.74, 6) is 0.362. The summed E-state index contributed by atoms with van der Waals surface area (Å²) in [6.07, 6.45) is 0. The molecule has 2 aromatic carbocycles. The molecule has 0 aliphatic carbocycles. The third-order valence-corrected chi connectivity index (χ3v) is 5.11. The summed E-state index contributed by atoms with van der Waals surface area (Å²) in [5, 5.41) is 4.10. The van der Waals surface area contributed by atoms with Crippen LogP contribution in [0.4, 0.5) is 5.69 Å². The van der Waals surface area contributed by atoms with Crippen molar-refractivity contribution in [2.75, 3.05) is 11.1 Å². The molecule has 3 rings (SSSR count). The summed E-state index contributed by atoms with van der Waals surface area (Å²) in [7, 11) is 0. The van der Waals surface area contributed by atoms with E-state index < -0.39 is 0 Å². The molecule has 1 aromatic heterocycles. The fourth-order valence-electron chi connectivity index (χ4n) is 2.55. The number of rotatable bonds is 4. The SMILES string of the molecule is Cc1ccc2cccc(SCC(=O)Nc3cccc(C)c3C)c2n1. The molecule has 0 radical (unpaired) electrons. The quantitative estimate of drug-likeness (QED) is 0.690. The summed E-state index contributed by atoms with van der Waals surface area (Å²) >= 11 is 1.52. The average Bonchev–Trinajstić information content (AvgIpc) is 2.57. The number of nitrogens with zero attached hydrogens (tertiary/aromatic N) is 1. The molecule has 0 bridgehead atoms. The summed E-state index contributed by atoms with van der Waals surface area (Å²) in [5.41, 5.74) is 5.11. The third kappa shape index (κ3) is 3.60. The lowest BCUT2D eigenvalue weighted by Gasteiger charge is -2.11. The molecule has 3 aromatic rings. The highest BCUT2D eigenvalue weighted by Gasteiger charge is 2.09. The molecule has 24 heavy (non-hydrogen) atoms. The van der Waals surface area contributed by atoms with Gasteiger partial charge in [0.2, 0.25) is 5.91 Å². The molecule has 0 saturated carbocycles. The fourth-order valence-corrected chi connectivity index (χ4v) is 3.38. The Balaban J connectivity index is 1.73. The molecule has 0 atom stereocenters. The van der Waals surface area contributed by atoms with Crippen molar-refractivity contribution in [2.24, 2.45) is 0 Å². The predicted octanol–water partition coefficient (Wildman–Crippen LogP) is 4.89. The van der Waals surface area contributed by atoms with E-state index in [9.17, 15) is 4.79 Å². The minimum Gasteiger partial charge on any atom is -0.325 e. The number of nitrogens with one attached hydrogen (secondary N) is 1. The normalized spacial score (nSPS) is 10.8. The highest BCUT2D eigenvalue weighted by atomic mass is 32.2. The number of hydrogen-bond donors (Lipinski definition) is 1. The highest BCUT2D eigenvalue weighted by molar-refractivity contribution is 8.00. The van der Waals surface area contributed by atoms with E-state index in [-0.39, 0.29) is 5.91 Å². The Kier molecular flexibility index (Phi) is 4.86. The molecule has 1 heterocycles. The molecule has 122 valence electrons. The lowest BCUT2D eigenvalue weighted by atomic mass is 10.1. The van der Waals surface area contributed by atoms with Crippen molar-refractivity contribution in [3.8, 4) is 0 Å². The largest absolute Gasteiger partial charge is 0.325 e. The van der Waals surface area contributed by atoms with E-state index in [1.54, 1.807) is 0 Å². The van der Waals surface area contributed by atoms with Crippen LogP contribution in [0.2, 0.25) is 0 Å². The van der Waals surface area contributed by atoms with Crippen LogP contribution in [-0.2, 0) is 4.79 Å². The second kappa shape index (κ2) is 7.05. The summed E-state index contributed by atoms with van der Waals surface area (Å²) in [4.78, 5) is 17.9. The molecule has 0 aliphatic heterocycles. The molecule has 4 heteroatoms. The molecular weight excluding hydrogens is 316 g/mol. The topological polar surface area (TPSA) is 42.0 Å². The van der Waals surface area contributed by atoms with Crippen molar-refractivity contribution in [1.29, 1.82) is 0 Å². The van der Waals surface area contributed by atoms with Crippen molar-refractivity contribution in [2.45, 2.75) is 25.7 Å². The van der Waals surface area contributed by atoms with Crippen molar-refractivity contribution >= 4 is 34.3 Å². The van der Waals surface area contributed by atoms with Gasteiger partial charge in [0.05, 0.1) is 11.3 Å². The number of carbonyl (C=O) groups is 1. The van der Waals surface area contributed by atoms with Crippen molar-refractivity contribution < 1.29 is 4.79 Å². The van der Waals surface area contributed by atoms with Gasteiger partial charge < -0.3 is 5.32 Å². The number of benzene rings is 2. The maximum atomic E-state index is 12.3. The van der Waals surface area contributed by atoms with Gasteiger partial charge in [-0.05, 0) is 50.1 Å². The molecule has 0 fully saturated rings. The van der Waals surface area contributed by atoms with Crippen LogP contribution in [0.5, 0.6) is 0 Å². The Bertz CT molecular complexity index is 905. The number of hydrogen-bond acceptors (Lipinski definition) is 3. The number of anilines is 1. The van der Waals surface area contributed by atoms with Gasteiger partial charge in [-0.1, -0.05) is 30.3 Å². The van der Waals surface area contributed by atoms with Gasteiger partial charge in [0.1, 0.15) is 0 Å². The van der Waals surface area contributed by atoms with Crippen LogP contribution in [-0.4, -0.2) is 16.6 Å². The fraction of sp³-hybridized carbons (Fsp3) is 0.200. The maximum absolute atomic E-state index is 12.3. The van der Waals surface area contributed by atoms with Gasteiger partial charge in [-0.2, -0.15) is 0 Å². The third-order valence-electron chi connectivity index (χ3n) is 4.06. The average molecular weight is 336 g/mol. The number of aromatic nitrogens is 1. The lowest BCUT2D eigenvalue weighted by Crippen LogP contribution is -2.15. The zero-order valence-corrected chi connectivity index (χ0v) is 14.9. The first kappa shape index (κ1) is 16.5. The van der Waals surface area contributed by atoms with E-state index in [0.29, 0.717) is 5.75 Å². The van der Waals surface area contributed by atoms with Crippen LogP contribution in [0.25, 0.3) is 10.9 Å². The number of carbonyl (C=O) groups excluding carboxylic acids is 1. The number of aryl methyl sites for hydroxylation is 2. The minimum atomic E-state index is -0.00152. The second-order valence-electron chi connectivity index (χ2n) is 5.86. The van der Waals surface area contributed by atoms with E-state index in [1.807, 2.05) is 63.2 Å². The molecule has 0 unspecified atom stereocenters. The zero-order chi connectivity index (χ0) is 17.1. The van der Waals surface area contributed by atoms with E-state index in [2.05, 4.69) is 16.4 Å². The summed E-state index contributed by atoms with van der Waals surface area (Å²) in [6, 6.07) is 16.1. The molecule has 0 aliphatic rings. The Labute approximate surface area is 146 Å². The molecule has 1 N–H and O–H groups in total. The number of thioether (sulfide) groups is 1. The van der Waals surface area contributed by atoms with Crippen LogP contribution in [0.3, 0.4) is 0 Å². The Morgan fingerprint density at radius 3 is 2.67 bits per heavy atom. The first-order valence-corrected chi connectivity index (χ1v) is 8.88. The lowest BCUT2D eigenvalue weighted by molar-refractivity contribution is -0.113. The number of pyridine rings is 1. The summed E-state index contributed by atoms with van der Waals surface area (Å²) in [6.45, 7) is 6.05. The van der Waals surface area contributed by atoms with Crippen molar-refractivity contribution in [1.82, 2.24) is 4.98 Å². The first-order valence-electron chi connectivity index (χ1n) is 7.90. The molecular formula is C20H20N2OS. The second-order valence-corrected chi connectivity index (χ2v) is 6.88. The Hall–Kier alpha value is -2.33. The van der Waals surface area contributed by atoms with E-state index in [0.717, 1.165) is 32.7 Å². The van der Waals surface area contributed by atoms with Crippen LogP contribution in [0.15, 0.2) is 53.4 Å². The predicted molar refractivity (Wildman–Crippen MR) is 102 cm³/mol. The van der Waals surface area contributed by atoms with Crippen molar-refractivity contribution in [3.05, 3.63) is 65.4 Å². The van der Waals surface area contributed by atoms with Crippen LogP contribution >= 0.6 is 11.8 Å². The van der Waals surface area contributed by atoms with E-state index in [1.165, 1.54) is 17.3 Å². The van der Waals surface area contributed by atoms with E-state index >= 15 is 0 Å². The molecule has 3 nitrogen and oxygen atoms in total. The Morgan fingerprint density at radius 2 is 1.83 bits per heavy atom. The maximum Gasteiger partial charge on any atom is 0.234 e. The van der Waals surface area contributed by atoms with Crippen LogP contribution in [0, 0.1) is 20.8 Å². The number of fused-ring (bicyclic) bond motifs is 1. The van der Waals surface area contributed by atoms with Gasteiger partial charge in [0, 0.05) is 21.7 Å². The van der Waals surface area contributed by atoms with Gasteiger partial charge in [-0.25, -0.2) is 0 Å². The smallest absolute Gasteiger partial charge is 0.234 e. The minimum absolute atomic E-state index is 0.00152. The standard InChI is InChI=1S/C20H20N2OS/c1-13-6-4-8-17(15(13)3)22-19(23)12-24-18-9-5-7-16-11-10-14(2)21-20(16)18/h4-11H,12H2,1-3H3,(H,22,23). The number of para-hydroxylation sites is 1. The highest BCUT2D eigenvalue weighted by Crippen LogP contribution is 2.27. The summed E-state index contributed by atoms with van der Waals surface area (Å²) < 4.78 is 0. The van der Waals surface area contributed by atoms with Crippen molar-refractivity contribution in [3.63, 3.8) is 0 Å². The number of amides is 1. The van der Waals surface area contributed by atoms with Gasteiger partial charge >= 0.3 is 0 Å². The first-order chi connectivity index (χ1) is 11.5. The van der Waals surface area contributed by atoms with Gasteiger partial charge in [0.25, 0.3) is 0 Å². The Morgan fingerprint density at radius 1 is 1.04 bits per heavy atom. The van der Waals surface area contributed by atoms with Crippen LogP contribution < -0.4 is 5.32 Å². The monoisotopic (exact) mass is 336 g/mol. The van der Waals surface area contributed by atoms with Gasteiger partial charge in [0.15, 0.2) is 0 Å². The van der Waals surface area contributed by atoms with Gasteiger partial charge in [-0.3, -0.25) is 9.78 Å². The van der Waals surface area contributed by atoms with E-state index in [4.69, 9.17) is 0 Å².